The van der Waals surface area contributed by atoms with Gasteiger partial charge in [0.2, 0.25) is 0 Å². The van der Waals surface area contributed by atoms with Crippen LogP contribution in [-0.4, -0.2) is 40.3 Å². The molecule has 2 fully saturated rings. The van der Waals surface area contributed by atoms with Gasteiger partial charge in [-0.2, -0.15) is 0 Å². The summed E-state index contributed by atoms with van der Waals surface area (Å²) in [5.41, 5.74) is -0.500. The van der Waals surface area contributed by atoms with E-state index in [1.54, 1.807) is 4.90 Å². The molecule has 0 aromatic carbocycles. The van der Waals surface area contributed by atoms with Gasteiger partial charge in [0.25, 0.3) is 0 Å². The summed E-state index contributed by atoms with van der Waals surface area (Å²) in [7, 11) is 0. The fourth-order valence-corrected chi connectivity index (χ4v) is 3.01. The van der Waals surface area contributed by atoms with Crippen molar-refractivity contribution >= 4 is 12.1 Å². The first-order valence-electron chi connectivity index (χ1n) is 6.50. The van der Waals surface area contributed by atoms with Crippen LogP contribution in [0.15, 0.2) is 0 Å². The van der Waals surface area contributed by atoms with Crippen LogP contribution in [0.25, 0.3) is 0 Å². The summed E-state index contributed by atoms with van der Waals surface area (Å²) >= 11 is 0. The third kappa shape index (κ3) is 2.60. The molecular formula is C13H21NO4. The molecule has 1 saturated heterocycles. The average Bonchev–Trinajstić information content (AvgIpc) is 2.71. The van der Waals surface area contributed by atoms with Crippen molar-refractivity contribution in [3.63, 3.8) is 0 Å². The maximum atomic E-state index is 12.0. The average molecular weight is 255 g/mol. The second kappa shape index (κ2) is 4.44. The predicted octanol–water partition coefficient (Wildman–Crippen LogP) is 2.11. The molecule has 1 aliphatic heterocycles. The molecule has 2 aliphatic rings. The van der Waals surface area contributed by atoms with Crippen molar-refractivity contribution in [3.8, 4) is 0 Å². The maximum absolute atomic E-state index is 12.0. The van der Waals surface area contributed by atoms with Crippen molar-refractivity contribution in [1.82, 2.24) is 4.90 Å². The molecule has 0 radical (unpaired) electrons. The molecule has 1 amide bonds. The third-order valence-corrected chi connectivity index (χ3v) is 3.78. The van der Waals surface area contributed by atoms with E-state index in [4.69, 9.17) is 9.84 Å². The molecule has 1 heterocycles. The van der Waals surface area contributed by atoms with Gasteiger partial charge in [0.1, 0.15) is 5.60 Å². The number of fused-ring (bicyclic) bond motifs is 1. The standard InChI is InChI=1S/C13H21NO4/c1-13(2,3)18-12(17)14-5-4-8-6-9(11(15)16)7-10(8)14/h8-10H,4-7H2,1-3H3,(H,15,16). The second-order valence-corrected chi connectivity index (χ2v) is 6.30. The van der Waals surface area contributed by atoms with Crippen LogP contribution in [0.1, 0.15) is 40.0 Å². The maximum Gasteiger partial charge on any atom is 0.410 e. The smallest absolute Gasteiger partial charge is 0.410 e. The predicted molar refractivity (Wildman–Crippen MR) is 65.2 cm³/mol. The van der Waals surface area contributed by atoms with Crippen LogP contribution in [0.5, 0.6) is 0 Å². The van der Waals surface area contributed by atoms with E-state index in [0.717, 1.165) is 6.42 Å². The minimum absolute atomic E-state index is 0.0564. The first kappa shape index (κ1) is 13.2. The molecule has 0 spiro atoms. The Morgan fingerprint density at radius 1 is 1.28 bits per heavy atom. The van der Waals surface area contributed by atoms with Crippen molar-refractivity contribution in [2.45, 2.75) is 51.7 Å². The molecule has 0 aromatic rings. The number of nitrogens with zero attached hydrogens (tertiary/aromatic N) is 1. The zero-order chi connectivity index (χ0) is 13.5. The summed E-state index contributed by atoms with van der Waals surface area (Å²) in [6.45, 7) is 6.21. The largest absolute Gasteiger partial charge is 0.481 e. The van der Waals surface area contributed by atoms with Crippen molar-refractivity contribution in [1.29, 1.82) is 0 Å². The summed E-state index contributed by atoms with van der Waals surface area (Å²) in [4.78, 5) is 24.8. The highest BCUT2D eigenvalue weighted by Crippen LogP contribution is 2.41. The molecule has 1 aliphatic carbocycles. The van der Waals surface area contributed by atoms with Crippen LogP contribution in [0, 0.1) is 11.8 Å². The van der Waals surface area contributed by atoms with Gasteiger partial charge in [0.05, 0.1) is 5.92 Å². The number of hydrogen-bond acceptors (Lipinski definition) is 3. The molecule has 3 atom stereocenters. The minimum Gasteiger partial charge on any atom is -0.481 e. The van der Waals surface area contributed by atoms with Gasteiger partial charge >= 0.3 is 12.1 Å². The number of rotatable bonds is 1. The first-order valence-corrected chi connectivity index (χ1v) is 6.50. The van der Waals surface area contributed by atoms with E-state index in [9.17, 15) is 9.59 Å². The molecular weight excluding hydrogens is 234 g/mol. The molecule has 5 heteroatoms. The minimum atomic E-state index is -0.742. The number of likely N-dealkylation sites (tertiary alicyclic amines) is 1. The second-order valence-electron chi connectivity index (χ2n) is 6.30. The van der Waals surface area contributed by atoms with Gasteiger partial charge in [-0.15, -0.1) is 0 Å². The van der Waals surface area contributed by atoms with Gasteiger partial charge in [-0.3, -0.25) is 4.79 Å². The summed E-state index contributed by atoms with van der Waals surface area (Å²) in [5.74, 6) is -0.711. The van der Waals surface area contributed by atoms with E-state index >= 15 is 0 Å². The van der Waals surface area contributed by atoms with Crippen LogP contribution in [0.3, 0.4) is 0 Å². The molecule has 0 bridgehead atoms. The Labute approximate surface area is 107 Å². The van der Waals surface area contributed by atoms with Crippen LogP contribution >= 0.6 is 0 Å². The molecule has 1 saturated carbocycles. The summed E-state index contributed by atoms with van der Waals surface area (Å²) < 4.78 is 5.37. The first-order chi connectivity index (χ1) is 8.28. The normalized spacial score (nSPS) is 31.3. The topological polar surface area (TPSA) is 66.8 Å². The van der Waals surface area contributed by atoms with E-state index in [2.05, 4.69) is 0 Å². The molecule has 2 rings (SSSR count). The monoisotopic (exact) mass is 255 g/mol. The van der Waals surface area contributed by atoms with Crippen molar-refractivity contribution in [2.24, 2.45) is 11.8 Å². The number of amides is 1. The van der Waals surface area contributed by atoms with Crippen molar-refractivity contribution < 1.29 is 19.4 Å². The lowest BCUT2D eigenvalue weighted by Gasteiger charge is -2.28. The zero-order valence-electron chi connectivity index (χ0n) is 11.2. The number of aliphatic carboxylic acids is 1. The molecule has 0 aromatic heterocycles. The van der Waals surface area contributed by atoms with E-state index in [1.165, 1.54) is 0 Å². The Morgan fingerprint density at radius 3 is 2.50 bits per heavy atom. The van der Waals surface area contributed by atoms with Crippen LogP contribution in [0.2, 0.25) is 0 Å². The Hall–Kier alpha value is -1.26. The van der Waals surface area contributed by atoms with Gasteiger partial charge < -0.3 is 14.7 Å². The van der Waals surface area contributed by atoms with E-state index in [1.807, 2.05) is 20.8 Å². The number of carbonyl (C=O) groups is 2. The van der Waals surface area contributed by atoms with Gasteiger partial charge in [-0.1, -0.05) is 0 Å². The lowest BCUT2D eigenvalue weighted by Crippen LogP contribution is -2.40. The van der Waals surface area contributed by atoms with E-state index < -0.39 is 11.6 Å². The van der Waals surface area contributed by atoms with E-state index in [0.29, 0.717) is 25.3 Å². The number of ether oxygens (including phenoxy) is 1. The fraction of sp³-hybridized carbons (Fsp3) is 0.846. The third-order valence-electron chi connectivity index (χ3n) is 3.78. The molecule has 18 heavy (non-hydrogen) atoms. The zero-order valence-corrected chi connectivity index (χ0v) is 11.2. The summed E-state index contributed by atoms with van der Waals surface area (Å²) in [5, 5.41) is 9.05. The number of carboxylic acid groups (broad SMARTS) is 1. The highest BCUT2D eigenvalue weighted by atomic mass is 16.6. The molecule has 5 nitrogen and oxygen atoms in total. The van der Waals surface area contributed by atoms with Crippen LogP contribution in [0.4, 0.5) is 4.79 Å². The molecule has 102 valence electrons. The highest BCUT2D eigenvalue weighted by molar-refractivity contribution is 5.72. The Balaban J connectivity index is 2.00. The van der Waals surface area contributed by atoms with Gasteiger partial charge in [0, 0.05) is 12.6 Å². The SMILES string of the molecule is CC(C)(C)OC(=O)N1CCC2CC(C(=O)O)CC21. The lowest BCUT2D eigenvalue weighted by atomic mass is 10.0. The highest BCUT2D eigenvalue weighted by Gasteiger charge is 2.47. The van der Waals surface area contributed by atoms with Crippen LogP contribution in [-0.2, 0) is 9.53 Å². The Kier molecular flexibility index (Phi) is 3.25. The van der Waals surface area contributed by atoms with Crippen molar-refractivity contribution in [3.05, 3.63) is 0 Å². The van der Waals surface area contributed by atoms with Gasteiger partial charge in [0.15, 0.2) is 0 Å². The quantitative estimate of drug-likeness (QED) is 0.779. The van der Waals surface area contributed by atoms with Gasteiger partial charge in [-0.05, 0) is 46.0 Å². The van der Waals surface area contributed by atoms with E-state index in [-0.39, 0.29) is 18.1 Å². The summed E-state index contributed by atoms with van der Waals surface area (Å²) in [6, 6.07) is 0.0564. The number of carboxylic acids is 1. The van der Waals surface area contributed by atoms with Crippen molar-refractivity contribution in [2.75, 3.05) is 6.54 Å². The number of carbonyl (C=O) groups excluding carboxylic acids is 1. The summed E-state index contributed by atoms with van der Waals surface area (Å²) in [6.07, 6.45) is 1.85. The Bertz CT molecular complexity index is 360. The Morgan fingerprint density at radius 2 is 1.94 bits per heavy atom. The molecule has 1 N–H and O–H groups in total. The molecule has 3 unspecified atom stereocenters. The van der Waals surface area contributed by atoms with Crippen LogP contribution < -0.4 is 0 Å². The number of hydrogen-bond donors (Lipinski definition) is 1. The van der Waals surface area contributed by atoms with Gasteiger partial charge in [-0.25, -0.2) is 4.79 Å². The fourth-order valence-electron chi connectivity index (χ4n) is 3.01. The lowest BCUT2D eigenvalue weighted by molar-refractivity contribution is -0.141.